The standard InChI is InChI=1S/C13H13N3OS2/c1-8(12-5-14-7-19-12)15-9-2-3-11-10(4-9)16-13(17)6-18-11/h2-5,7-8,15H,6H2,1H3,(H,16,17). The van der Waals surface area contributed by atoms with Crippen LogP contribution in [-0.4, -0.2) is 16.6 Å². The Labute approximate surface area is 119 Å². The number of carbonyl (C=O) groups is 1. The van der Waals surface area contributed by atoms with Crippen molar-refractivity contribution in [2.24, 2.45) is 0 Å². The number of fused-ring (bicyclic) bond motifs is 1. The van der Waals surface area contributed by atoms with Crippen molar-refractivity contribution < 1.29 is 4.79 Å². The Kier molecular flexibility index (Phi) is 3.44. The number of thiazole rings is 1. The molecule has 0 radical (unpaired) electrons. The van der Waals surface area contributed by atoms with E-state index in [-0.39, 0.29) is 11.9 Å². The molecule has 1 aliphatic heterocycles. The predicted octanol–water partition coefficient (Wildman–Crippen LogP) is 3.36. The van der Waals surface area contributed by atoms with Crippen LogP contribution in [0.5, 0.6) is 0 Å². The Morgan fingerprint density at radius 1 is 1.47 bits per heavy atom. The molecule has 0 fully saturated rings. The van der Waals surface area contributed by atoms with Crippen LogP contribution in [-0.2, 0) is 4.79 Å². The maximum atomic E-state index is 11.4. The smallest absolute Gasteiger partial charge is 0.234 e. The molecule has 2 N–H and O–H groups in total. The third-order valence-electron chi connectivity index (χ3n) is 2.87. The topological polar surface area (TPSA) is 54.0 Å². The van der Waals surface area contributed by atoms with Gasteiger partial charge in [0.25, 0.3) is 0 Å². The fraction of sp³-hybridized carbons (Fsp3) is 0.231. The Morgan fingerprint density at radius 3 is 3.16 bits per heavy atom. The van der Waals surface area contributed by atoms with Gasteiger partial charge in [-0.1, -0.05) is 0 Å². The summed E-state index contributed by atoms with van der Waals surface area (Å²) in [6, 6.07) is 6.27. The molecule has 19 heavy (non-hydrogen) atoms. The molecule has 0 saturated carbocycles. The van der Waals surface area contributed by atoms with Crippen molar-refractivity contribution in [3.63, 3.8) is 0 Å². The summed E-state index contributed by atoms with van der Waals surface area (Å²) in [4.78, 5) is 17.8. The summed E-state index contributed by atoms with van der Waals surface area (Å²) in [5.74, 6) is 0.557. The summed E-state index contributed by atoms with van der Waals surface area (Å²) >= 11 is 3.21. The molecule has 0 aliphatic carbocycles. The number of aromatic nitrogens is 1. The molecule has 1 aliphatic rings. The van der Waals surface area contributed by atoms with E-state index in [0.29, 0.717) is 5.75 Å². The van der Waals surface area contributed by atoms with E-state index in [2.05, 4.69) is 22.5 Å². The summed E-state index contributed by atoms with van der Waals surface area (Å²) in [7, 11) is 0. The van der Waals surface area contributed by atoms with Crippen molar-refractivity contribution in [3.8, 4) is 0 Å². The summed E-state index contributed by atoms with van der Waals surface area (Å²) in [5, 5.41) is 6.32. The lowest BCUT2D eigenvalue weighted by Crippen LogP contribution is -2.18. The number of amides is 1. The maximum Gasteiger partial charge on any atom is 0.234 e. The second kappa shape index (κ2) is 5.22. The summed E-state index contributed by atoms with van der Waals surface area (Å²) < 4.78 is 0. The van der Waals surface area contributed by atoms with Crippen LogP contribution in [0.25, 0.3) is 0 Å². The Balaban J connectivity index is 1.79. The van der Waals surface area contributed by atoms with Crippen LogP contribution in [0.4, 0.5) is 11.4 Å². The highest BCUT2D eigenvalue weighted by atomic mass is 32.2. The van der Waals surface area contributed by atoms with Crippen LogP contribution >= 0.6 is 23.1 Å². The van der Waals surface area contributed by atoms with Gasteiger partial charge < -0.3 is 10.6 Å². The SMILES string of the molecule is CC(Nc1ccc2c(c1)NC(=O)CS2)c1cncs1. The molecule has 1 atom stereocenters. The van der Waals surface area contributed by atoms with Gasteiger partial charge in [0.05, 0.1) is 23.0 Å². The first-order valence-electron chi connectivity index (χ1n) is 5.94. The molecule has 6 heteroatoms. The van der Waals surface area contributed by atoms with Crippen LogP contribution in [0, 0.1) is 0 Å². The lowest BCUT2D eigenvalue weighted by Gasteiger charge is -2.19. The molecule has 0 spiro atoms. The van der Waals surface area contributed by atoms with Crippen LogP contribution < -0.4 is 10.6 Å². The van der Waals surface area contributed by atoms with Gasteiger partial charge in [-0.15, -0.1) is 23.1 Å². The van der Waals surface area contributed by atoms with Crippen LogP contribution in [0.3, 0.4) is 0 Å². The predicted molar refractivity (Wildman–Crippen MR) is 79.9 cm³/mol. The molecule has 0 saturated heterocycles. The number of carbonyl (C=O) groups excluding carboxylic acids is 1. The zero-order chi connectivity index (χ0) is 13.2. The van der Waals surface area contributed by atoms with Crippen molar-refractivity contribution in [1.82, 2.24) is 4.98 Å². The lowest BCUT2D eigenvalue weighted by atomic mass is 10.2. The molecule has 1 aromatic heterocycles. The first-order valence-corrected chi connectivity index (χ1v) is 7.80. The second-order valence-corrected chi connectivity index (χ2v) is 6.25. The van der Waals surface area contributed by atoms with Gasteiger partial charge in [0.15, 0.2) is 0 Å². The third kappa shape index (κ3) is 2.74. The van der Waals surface area contributed by atoms with E-state index in [9.17, 15) is 4.79 Å². The highest BCUT2D eigenvalue weighted by Crippen LogP contribution is 2.34. The van der Waals surface area contributed by atoms with Gasteiger partial charge in [0.2, 0.25) is 5.91 Å². The molecule has 1 amide bonds. The van der Waals surface area contributed by atoms with Gasteiger partial charge in [-0.2, -0.15) is 0 Å². The van der Waals surface area contributed by atoms with Crippen molar-refractivity contribution in [2.75, 3.05) is 16.4 Å². The van der Waals surface area contributed by atoms with Crippen LogP contribution in [0.1, 0.15) is 17.8 Å². The summed E-state index contributed by atoms with van der Waals surface area (Å²) in [6.07, 6.45) is 1.87. The monoisotopic (exact) mass is 291 g/mol. The van der Waals surface area contributed by atoms with Crippen LogP contribution in [0.15, 0.2) is 34.8 Å². The molecule has 3 rings (SSSR count). The minimum absolute atomic E-state index is 0.0603. The molecule has 4 nitrogen and oxygen atoms in total. The van der Waals surface area contributed by atoms with Crippen molar-refractivity contribution >= 4 is 40.4 Å². The number of nitrogens with zero attached hydrogens (tertiary/aromatic N) is 1. The largest absolute Gasteiger partial charge is 0.378 e. The first kappa shape index (κ1) is 12.5. The lowest BCUT2D eigenvalue weighted by molar-refractivity contribution is -0.113. The summed E-state index contributed by atoms with van der Waals surface area (Å²) in [5.41, 5.74) is 3.72. The molecule has 2 aromatic rings. The average Bonchev–Trinajstić information content (AvgIpc) is 2.92. The molecule has 1 aromatic carbocycles. The Hall–Kier alpha value is -1.53. The molecular formula is C13H13N3OS2. The Morgan fingerprint density at radius 2 is 2.37 bits per heavy atom. The highest BCUT2D eigenvalue weighted by Gasteiger charge is 2.16. The number of rotatable bonds is 3. The maximum absolute atomic E-state index is 11.4. The zero-order valence-corrected chi connectivity index (χ0v) is 12.0. The van der Waals surface area contributed by atoms with Crippen molar-refractivity contribution in [3.05, 3.63) is 34.8 Å². The number of anilines is 2. The zero-order valence-electron chi connectivity index (χ0n) is 10.3. The summed E-state index contributed by atoms with van der Waals surface area (Å²) in [6.45, 7) is 2.10. The van der Waals surface area contributed by atoms with E-state index < -0.39 is 0 Å². The van der Waals surface area contributed by atoms with Crippen molar-refractivity contribution in [1.29, 1.82) is 0 Å². The number of thioether (sulfide) groups is 1. The van der Waals surface area contributed by atoms with E-state index in [1.165, 1.54) is 4.88 Å². The average molecular weight is 291 g/mol. The van der Waals surface area contributed by atoms with E-state index in [1.807, 2.05) is 29.9 Å². The second-order valence-electron chi connectivity index (χ2n) is 4.32. The molecule has 1 unspecified atom stereocenters. The van der Waals surface area contributed by atoms with E-state index in [4.69, 9.17) is 0 Å². The number of benzene rings is 1. The van der Waals surface area contributed by atoms with Crippen LogP contribution in [0.2, 0.25) is 0 Å². The van der Waals surface area contributed by atoms with Crippen molar-refractivity contribution in [2.45, 2.75) is 17.9 Å². The normalized spacial score (nSPS) is 15.5. The highest BCUT2D eigenvalue weighted by molar-refractivity contribution is 8.00. The number of nitrogens with one attached hydrogen (secondary N) is 2. The van der Waals surface area contributed by atoms with Gasteiger partial charge in [-0.3, -0.25) is 9.78 Å². The quantitative estimate of drug-likeness (QED) is 0.910. The van der Waals surface area contributed by atoms with Gasteiger partial charge in [-0.05, 0) is 25.1 Å². The molecular weight excluding hydrogens is 278 g/mol. The molecule has 98 valence electrons. The van der Waals surface area contributed by atoms with Gasteiger partial charge in [0, 0.05) is 21.7 Å². The van der Waals surface area contributed by atoms with E-state index >= 15 is 0 Å². The number of hydrogen-bond acceptors (Lipinski definition) is 5. The Bertz CT molecular complexity index is 598. The fourth-order valence-electron chi connectivity index (χ4n) is 1.93. The van der Waals surface area contributed by atoms with E-state index in [0.717, 1.165) is 16.3 Å². The third-order valence-corrected chi connectivity index (χ3v) is 4.91. The fourth-order valence-corrected chi connectivity index (χ4v) is 3.35. The minimum Gasteiger partial charge on any atom is -0.378 e. The molecule has 2 heterocycles. The van der Waals surface area contributed by atoms with E-state index in [1.54, 1.807) is 23.1 Å². The van der Waals surface area contributed by atoms with Gasteiger partial charge in [-0.25, -0.2) is 0 Å². The number of hydrogen-bond donors (Lipinski definition) is 2. The minimum atomic E-state index is 0.0603. The first-order chi connectivity index (χ1) is 9.22. The van der Waals surface area contributed by atoms with Gasteiger partial charge >= 0.3 is 0 Å². The molecule has 0 bridgehead atoms. The van der Waals surface area contributed by atoms with Gasteiger partial charge in [0.1, 0.15) is 0 Å².